The monoisotopic (exact) mass is 871 g/mol. The Morgan fingerprint density at radius 3 is 2.09 bits per heavy atom. The van der Waals surface area contributed by atoms with Crippen LogP contribution in [0.3, 0.4) is 0 Å². The summed E-state index contributed by atoms with van der Waals surface area (Å²) in [4.78, 5) is 44.8. The van der Waals surface area contributed by atoms with Crippen molar-refractivity contribution in [3.05, 3.63) is 192 Å². The van der Waals surface area contributed by atoms with E-state index in [1.54, 1.807) is 0 Å². The summed E-state index contributed by atoms with van der Waals surface area (Å²) in [6.45, 7) is 0.0791. The standard InChI is InChI=1S/C52H45N3O8S/c56-31-34-19-21-38(22-20-34)45-28-43(33-64-52-54-47(39-14-6-2-7-15-39)48(63-52)40-16-8-3-9-17-40)61-50(62-45)41-25-23-37(24-26-41)42-18-10-13-36(27-42)30-55-46(57)29-44(49(55)58)53-51(59)60-32-35-11-4-1-5-12-35/h1-27,43-45,50,56H,28-33H2,(H,53,59)/t43-,44?,45+,50+/m1/s1. The molecule has 64 heavy (non-hydrogen) atoms. The molecule has 1 aromatic heterocycles. The molecule has 4 atom stereocenters. The molecule has 0 saturated carbocycles. The van der Waals surface area contributed by atoms with Gasteiger partial charge in [-0.2, -0.15) is 0 Å². The first-order valence-corrected chi connectivity index (χ1v) is 22.1. The van der Waals surface area contributed by atoms with E-state index >= 15 is 0 Å². The van der Waals surface area contributed by atoms with Gasteiger partial charge in [0, 0.05) is 28.9 Å². The zero-order valence-electron chi connectivity index (χ0n) is 34.7. The van der Waals surface area contributed by atoms with E-state index in [0.717, 1.165) is 55.8 Å². The molecule has 0 radical (unpaired) electrons. The largest absolute Gasteiger partial charge is 0.445 e. The third kappa shape index (κ3) is 10.0. The minimum Gasteiger partial charge on any atom is -0.445 e. The van der Waals surface area contributed by atoms with Crippen molar-refractivity contribution in [2.24, 2.45) is 0 Å². The van der Waals surface area contributed by atoms with E-state index in [4.69, 9.17) is 23.6 Å². The normalized spacial score (nSPS) is 18.5. The van der Waals surface area contributed by atoms with Gasteiger partial charge in [0.25, 0.3) is 11.1 Å². The van der Waals surface area contributed by atoms with Crippen LogP contribution in [0, 0.1) is 0 Å². The molecule has 2 fully saturated rings. The predicted octanol–water partition coefficient (Wildman–Crippen LogP) is 10.1. The first-order chi connectivity index (χ1) is 31.4. The number of aliphatic hydroxyl groups is 1. The summed E-state index contributed by atoms with van der Waals surface area (Å²) < 4.78 is 25.0. The van der Waals surface area contributed by atoms with Crippen LogP contribution in [0.1, 0.15) is 53.1 Å². The summed E-state index contributed by atoms with van der Waals surface area (Å²) in [5, 5.41) is 12.8. The number of thioether (sulfide) groups is 1. The minimum absolute atomic E-state index is 0.0431. The number of aliphatic hydroxyl groups excluding tert-OH is 1. The highest BCUT2D eigenvalue weighted by Gasteiger charge is 2.40. The lowest BCUT2D eigenvalue weighted by Crippen LogP contribution is -2.41. The molecule has 2 saturated heterocycles. The summed E-state index contributed by atoms with van der Waals surface area (Å²) in [5.41, 5.74) is 8.76. The second-order valence-corrected chi connectivity index (χ2v) is 16.6. The first-order valence-electron chi connectivity index (χ1n) is 21.1. The molecule has 11 nitrogen and oxygen atoms in total. The van der Waals surface area contributed by atoms with Crippen molar-refractivity contribution in [2.45, 2.75) is 62.4 Å². The Morgan fingerprint density at radius 1 is 0.719 bits per heavy atom. The average molecular weight is 872 g/mol. The van der Waals surface area contributed by atoms with Gasteiger partial charge < -0.3 is 29.1 Å². The molecule has 3 heterocycles. The number of nitrogens with zero attached hydrogens (tertiary/aromatic N) is 2. The van der Waals surface area contributed by atoms with E-state index in [0.29, 0.717) is 23.2 Å². The first kappa shape index (κ1) is 42.5. The maximum atomic E-state index is 13.3. The Balaban J connectivity index is 0.879. The molecule has 0 bridgehead atoms. The van der Waals surface area contributed by atoms with Gasteiger partial charge >= 0.3 is 6.09 Å². The lowest BCUT2D eigenvalue weighted by Gasteiger charge is -2.36. The van der Waals surface area contributed by atoms with Crippen molar-refractivity contribution >= 4 is 29.7 Å². The van der Waals surface area contributed by atoms with E-state index in [9.17, 15) is 19.5 Å². The molecule has 2 aliphatic heterocycles. The third-order valence-corrected chi connectivity index (χ3v) is 12.2. The number of rotatable bonds is 14. The highest BCUT2D eigenvalue weighted by molar-refractivity contribution is 7.99. The molecule has 9 rings (SSSR count). The maximum absolute atomic E-state index is 13.3. The van der Waals surface area contributed by atoms with Crippen LogP contribution in [-0.4, -0.2) is 50.8 Å². The predicted molar refractivity (Wildman–Crippen MR) is 242 cm³/mol. The Labute approximate surface area is 375 Å². The Bertz CT molecular complexity index is 2640. The van der Waals surface area contributed by atoms with Gasteiger partial charge in [-0.1, -0.05) is 169 Å². The van der Waals surface area contributed by atoms with Gasteiger partial charge in [0.2, 0.25) is 5.91 Å². The molecule has 322 valence electrons. The molecule has 7 aromatic rings. The summed E-state index contributed by atoms with van der Waals surface area (Å²) >= 11 is 1.51. The molecular formula is C52H45N3O8S. The van der Waals surface area contributed by atoms with Gasteiger partial charge in [0.15, 0.2) is 12.1 Å². The summed E-state index contributed by atoms with van der Waals surface area (Å²) in [7, 11) is 0. The molecule has 2 N–H and O–H groups in total. The van der Waals surface area contributed by atoms with Crippen LogP contribution in [0.25, 0.3) is 33.7 Å². The summed E-state index contributed by atoms with van der Waals surface area (Å²) in [6.07, 6.45) is -1.46. The van der Waals surface area contributed by atoms with E-state index in [1.165, 1.54) is 16.7 Å². The van der Waals surface area contributed by atoms with Gasteiger partial charge in [-0.3, -0.25) is 14.5 Å². The number of benzene rings is 6. The van der Waals surface area contributed by atoms with Crippen molar-refractivity contribution in [3.8, 4) is 33.7 Å². The number of amides is 3. The smallest absolute Gasteiger partial charge is 0.408 e. The number of hydrogen-bond acceptors (Lipinski definition) is 10. The number of ether oxygens (including phenoxy) is 3. The zero-order valence-corrected chi connectivity index (χ0v) is 35.6. The van der Waals surface area contributed by atoms with Gasteiger partial charge in [-0.05, 0) is 39.4 Å². The van der Waals surface area contributed by atoms with Gasteiger partial charge in [0.1, 0.15) is 18.3 Å². The fraction of sp³-hybridized carbons (Fsp3) is 0.192. The number of oxazole rings is 1. The molecular weight excluding hydrogens is 827 g/mol. The van der Waals surface area contributed by atoms with Crippen LogP contribution in [0.2, 0.25) is 0 Å². The maximum Gasteiger partial charge on any atom is 0.408 e. The fourth-order valence-electron chi connectivity index (χ4n) is 7.86. The zero-order chi connectivity index (χ0) is 43.8. The van der Waals surface area contributed by atoms with Crippen LogP contribution in [-0.2, 0) is 43.6 Å². The van der Waals surface area contributed by atoms with Crippen LogP contribution in [0.5, 0.6) is 0 Å². The molecule has 2 aliphatic rings. The van der Waals surface area contributed by atoms with Crippen LogP contribution in [0.4, 0.5) is 4.79 Å². The van der Waals surface area contributed by atoms with Gasteiger partial charge in [-0.25, -0.2) is 9.78 Å². The van der Waals surface area contributed by atoms with Crippen molar-refractivity contribution in [2.75, 3.05) is 5.75 Å². The van der Waals surface area contributed by atoms with Gasteiger partial charge in [0.05, 0.1) is 31.8 Å². The summed E-state index contributed by atoms with van der Waals surface area (Å²) in [5.74, 6) is 0.438. The molecule has 0 spiro atoms. The Morgan fingerprint density at radius 2 is 1.38 bits per heavy atom. The second kappa shape index (κ2) is 19.7. The second-order valence-electron chi connectivity index (χ2n) is 15.7. The Kier molecular flexibility index (Phi) is 13.1. The van der Waals surface area contributed by atoms with Crippen molar-refractivity contribution in [1.29, 1.82) is 0 Å². The number of likely N-dealkylation sites (tertiary alicyclic amines) is 1. The van der Waals surface area contributed by atoms with E-state index < -0.39 is 24.3 Å². The van der Waals surface area contributed by atoms with Crippen LogP contribution >= 0.6 is 11.8 Å². The number of hydrogen-bond donors (Lipinski definition) is 2. The van der Waals surface area contributed by atoms with Crippen LogP contribution < -0.4 is 5.32 Å². The van der Waals surface area contributed by atoms with E-state index in [1.807, 2.05) is 164 Å². The molecule has 3 amide bonds. The quantitative estimate of drug-likeness (QED) is 0.0802. The number of carbonyl (C=O) groups excluding carboxylic acids is 3. The van der Waals surface area contributed by atoms with Gasteiger partial charge in [-0.15, -0.1) is 0 Å². The molecule has 12 heteroatoms. The SMILES string of the molecule is O=C(NC1CC(=O)N(Cc2cccc(-c3ccc([C@H]4O[C@@H](CSc5nc(-c6ccccc6)c(-c6ccccc6)o5)C[C@@H](c5ccc(CO)cc5)O4)cc3)c2)C1=O)OCc1ccccc1. The van der Waals surface area contributed by atoms with Crippen molar-refractivity contribution in [1.82, 2.24) is 15.2 Å². The number of carbonyl (C=O) groups is 3. The lowest BCUT2D eigenvalue weighted by atomic mass is 9.99. The van der Waals surface area contributed by atoms with Crippen molar-refractivity contribution < 1.29 is 38.1 Å². The highest BCUT2D eigenvalue weighted by atomic mass is 32.2. The number of alkyl carbamates (subject to hydrolysis) is 1. The number of imide groups is 1. The fourth-order valence-corrected chi connectivity index (χ4v) is 8.70. The Hall–Kier alpha value is -6.83. The molecule has 6 aromatic carbocycles. The van der Waals surface area contributed by atoms with E-state index in [-0.39, 0.29) is 44.3 Å². The van der Waals surface area contributed by atoms with Crippen LogP contribution in [0.15, 0.2) is 173 Å². The molecule has 1 unspecified atom stereocenters. The van der Waals surface area contributed by atoms with Crippen molar-refractivity contribution in [3.63, 3.8) is 0 Å². The topological polar surface area (TPSA) is 140 Å². The minimum atomic E-state index is -0.991. The number of aromatic nitrogens is 1. The lowest BCUT2D eigenvalue weighted by molar-refractivity contribution is -0.245. The molecule has 0 aliphatic carbocycles. The highest BCUT2D eigenvalue weighted by Crippen LogP contribution is 2.41. The van der Waals surface area contributed by atoms with E-state index in [2.05, 4.69) is 5.32 Å². The number of nitrogens with one attached hydrogen (secondary N) is 1. The average Bonchev–Trinajstić information content (AvgIpc) is 3.90. The summed E-state index contributed by atoms with van der Waals surface area (Å²) in [6, 6.07) is 51.7. The third-order valence-electron chi connectivity index (χ3n) is 11.2.